The molecule has 1 aromatic heterocycles. The second-order valence-corrected chi connectivity index (χ2v) is 3.56. The molecule has 1 heterocycles. The molecule has 0 fully saturated rings. The summed E-state index contributed by atoms with van der Waals surface area (Å²) in [6.45, 7) is 0. The van der Waals surface area contributed by atoms with Gasteiger partial charge >= 0.3 is 0 Å². The molecule has 0 aromatic carbocycles. The Hall–Kier alpha value is -1.40. The zero-order chi connectivity index (χ0) is 10.6. The van der Waals surface area contributed by atoms with Crippen LogP contribution in [0.2, 0.25) is 0 Å². The zero-order valence-electron chi connectivity index (χ0n) is 7.40. The highest BCUT2D eigenvalue weighted by molar-refractivity contribution is 7.08. The summed E-state index contributed by atoms with van der Waals surface area (Å²) in [5, 5.41) is 6.17. The number of carbonyl (C=O) groups is 2. The number of hydrogen-bond donors (Lipinski definition) is 3. The molecule has 14 heavy (non-hydrogen) atoms. The Morgan fingerprint density at radius 1 is 1.57 bits per heavy atom. The summed E-state index contributed by atoms with van der Waals surface area (Å²) in [7, 11) is 0. The topological polar surface area (TPSA) is 98.2 Å². The average Bonchev–Trinajstić information content (AvgIpc) is 2.55. The van der Waals surface area contributed by atoms with Crippen LogP contribution in [0.5, 0.6) is 0 Å². The van der Waals surface area contributed by atoms with Crippen LogP contribution in [0.15, 0.2) is 16.8 Å². The van der Waals surface area contributed by atoms with Gasteiger partial charge in [0.1, 0.15) is 0 Å². The van der Waals surface area contributed by atoms with E-state index in [4.69, 9.17) is 11.5 Å². The van der Waals surface area contributed by atoms with E-state index in [2.05, 4.69) is 5.32 Å². The molecule has 0 saturated heterocycles. The van der Waals surface area contributed by atoms with E-state index in [1.807, 2.05) is 5.38 Å². The van der Waals surface area contributed by atoms with Gasteiger partial charge in [-0.1, -0.05) is 0 Å². The summed E-state index contributed by atoms with van der Waals surface area (Å²) in [4.78, 5) is 21.8. The fourth-order valence-corrected chi connectivity index (χ4v) is 1.47. The van der Waals surface area contributed by atoms with Gasteiger partial charge in [-0.2, -0.15) is 11.3 Å². The maximum Gasteiger partial charge on any atom is 0.241 e. The van der Waals surface area contributed by atoms with Gasteiger partial charge in [-0.05, 0) is 11.4 Å². The summed E-state index contributed by atoms with van der Waals surface area (Å²) in [6.07, 6.45) is -0.143. The standard InChI is InChI=1S/C8H11N3O2S/c9-6(3-7(10)12)8(13)11-5-1-2-14-4-5/h1-2,4,6H,3,9H2,(H2,10,12)(H,11,13). The predicted molar refractivity (Wildman–Crippen MR) is 54.7 cm³/mol. The summed E-state index contributed by atoms with van der Waals surface area (Å²) >= 11 is 1.46. The zero-order valence-corrected chi connectivity index (χ0v) is 8.21. The van der Waals surface area contributed by atoms with Crippen molar-refractivity contribution in [1.29, 1.82) is 0 Å². The third-order valence-electron chi connectivity index (χ3n) is 1.55. The molecule has 0 bridgehead atoms. The number of thiophene rings is 1. The Bertz CT molecular complexity index is 323. The Morgan fingerprint density at radius 2 is 2.29 bits per heavy atom. The van der Waals surface area contributed by atoms with Gasteiger partial charge in [-0.25, -0.2) is 0 Å². The highest BCUT2D eigenvalue weighted by Gasteiger charge is 2.15. The molecule has 5 N–H and O–H groups in total. The van der Waals surface area contributed by atoms with Crippen molar-refractivity contribution in [2.24, 2.45) is 11.5 Å². The first-order valence-electron chi connectivity index (χ1n) is 3.96. The second kappa shape index (κ2) is 4.73. The van der Waals surface area contributed by atoms with Gasteiger partial charge in [0.25, 0.3) is 0 Å². The van der Waals surface area contributed by atoms with Crippen molar-refractivity contribution in [1.82, 2.24) is 0 Å². The van der Waals surface area contributed by atoms with E-state index in [9.17, 15) is 9.59 Å². The summed E-state index contributed by atoms with van der Waals surface area (Å²) in [5.74, 6) is -0.986. The Morgan fingerprint density at radius 3 is 2.79 bits per heavy atom. The normalized spacial score (nSPS) is 12.1. The lowest BCUT2D eigenvalue weighted by molar-refractivity contribution is -0.123. The minimum Gasteiger partial charge on any atom is -0.370 e. The summed E-state index contributed by atoms with van der Waals surface area (Å²) in [6, 6.07) is 0.868. The number of rotatable bonds is 4. The van der Waals surface area contributed by atoms with Crippen molar-refractivity contribution in [3.63, 3.8) is 0 Å². The number of anilines is 1. The van der Waals surface area contributed by atoms with Crippen LogP contribution in [0, 0.1) is 0 Å². The van der Waals surface area contributed by atoms with Gasteiger partial charge in [0.05, 0.1) is 18.2 Å². The first-order valence-corrected chi connectivity index (χ1v) is 4.91. The maximum atomic E-state index is 11.3. The van der Waals surface area contributed by atoms with Crippen molar-refractivity contribution in [3.05, 3.63) is 16.8 Å². The minimum absolute atomic E-state index is 0.143. The number of hydrogen-bond acceptors (Lipinski definition) is 4. The van der Waals surface area contributed by atoms with Gasteiger partial charge in [0, 0.05) is 5.38 Å². The molecule has 1 aromatic rings. The molecule has 5 nitrogen and oxygen atoms in total. The molecule has 0 aliphatic rings. The fraction of sp³-hybridized carbons (Fsp3) is 0.250. The average molecular weight is 213 g/mol. The lowest BCUT2D eigenvalue weighted by Crippen LogP contribution is -2.38. The number of nitrogens with two attached hydrogens (primary N) is 2. The molecule has 1 rings (SSSR count). The van der Waals surface area contributed by atoms with E-state index in [0.29, 0.717) is 5.69 Å². The molecular weight excluding hydrogens is 202 g/mol. The molecule has 6 heteroatoms. The van der Waals surface area contributed by atoms with E-state index in [1.165, 1.54) is 11.3 Å². The molecule has 0 aliphatic heterocycles. The van der Waals surface area contributed by atoms with Gasteiger partial charge < -0.3 is 16.8 Å². The van der Waals surface area contributed by atoms with E-state index < -0.39 is 17.9 Å². The number of amides is 2. The largest absolute Gasteiger partial charge is 0.370 e. The van der Waals surface area contributed by atoms with Gasteiger partial charge in [0.15, 0.2) is 0 Å². The lowest BCUT2D eigenvalue weighted by Gasteiger charge is -2.08. The molecule has 1 unspecified atom stereocenters. The lowest BCUT2D eigenvalue weighted by atomic mass is 10.2. The third-order valence-corrected chi connectivity index (χ3v) is 2.23. The fourth-order valence-electron chi connectivity index (χ4n) is 0.880. The van der Waals surface area contributed by atoms with Crippen LogP contribution in [0.4, 0.5) is 5.69 Å². The molecule has 2 amide bonds. The first-order chi connectivity index (χ1) is 6.59. The van der Waals surface area contributed by atoms with E-state index >= 15 is 0 Å². The van der Waals surface area contributed by atoms with Crippen molar-refractivity contribution < 1.29 is 9.59 Å². The van der Waals surface area contributed by atoms with Gasteiger partial charge in [-0.15, -0.1) is 0 Å². The smallest absolute Gasteiger partial charge is 0.241 e. The molecule has 0 saturated carbocycles. The van der Waals surface area contributed by atoms with Crippen LogP contribution in [0.25, 0.3) is 0 Å². The maximum absolute atomic E-state index is 11.3. The van der Waals surface area contributed by atoms with E-state index in [1.54, 1.807) is 11.4 Å². The summed E-state index contributed by atoms with van der Waals surface area (Å²) < 4.78 is 0. The highest BCUT2D eigenvalue weighted by atomic mass is 32.1. The van der Waals surface area contributed by atoms with Crippen LogP contribution in [-0.4, -0.2) is 17.9 Å². The van der Waals surface area contributed by atoms with Crippen LogP contribution in [0.3, 0.4) is 0 Å². The summed E-state index contributed by atoms with van der Waals surface area (Å²) in [5.41, 5.74) is 11.0. The van der Waals surface area contributed by atoms with Crippen molar-refractivity contribution in [2.75, 3.05) is 5.32 Å². The Balaban J connectivity index is 2.46. The second-order valence-electron chi connectivity index (χ2n) is 2.78. The number of nitrogens with one attached hydrogen (secondary N) is 1. The molecule has 0 spiro atoms. The van der Waals surface area contributed by atoms with Crippen LogP contribution < -0.4 is 16.8 Å². The SMILES string of the molecule is NC(=O)CC(N)C(=O)Nc1ccsc1. The first kappa shape index (κ1) is 10.7. The van der Waals surface area contributed by atoms with E-state index in [-0.39, 0.29) is 6.42 Å². The monoisotopic (exact) mass is 213 g/mol. The van der Waals surface area contributed by atoms with E-state index in [0.717, 1.165) is 0 Å². The molecular formula is C8H11N3O2S. The van der Waals surface area contributed by atoms with Crippen molar-refractivity contribution in [2.45, 2.75) is 12.5 Å². The van der Waals surface area contributed by atoms with Crippen molar-refractivity contribution in [3.8, 4) is 0 Å². The number of primary amides is 1. The molecule has 1 atom stereocenters. The Kier molecular flexibility index (Phi) is 3.61. The Labute approximate surface area is 85.1 Å². The highest BCUT2D eigenvalue weighted by Crippen LogP contribution is 2.11. The molecule has 0 radical (unpaired) electrons. The quantitative estimate of drug-likeness (QED) is 0.650. The molecule has 76 valence electrons. The van der Waals surface area contributed by atoms with Gasteiger partial charge in [-0.3, -0.25) is 9.59 Å². The predicted octanol–water partition coefficient (Wildman–Crippen LogP) is -0.111. The minimum atomic E-state index is -0.882. The van der Waals surface area contributed by atoms with Crippen LogP contribution in [-0.2, 0) is 9.59 Å². The van der Waals surface area contributed by atoms with Crippen molar-refractivity contribution >= 4 is 28.8 Å². The van der Waals surface area contributed by atoms with Gasteiger partial charge in [0.2, 0.25) is 11.8 Å². The van der Waals surface area contributed by atoms with Crippen LogP contribution in [0.1, 0.15) is 6.42 Å². The third kappa shape index (κ3) is 3.15. The van der Waals surface area contributed by atoms with Crippen LogP contribution >= 0.6 is 11.3 Å². The molecule has 0 aliphatic carbocycles. The number of carbonyl (C=O) groups excluding carboxylic acids is 2.